The number of hydrogen-bond donors (Lipinski definition) is 1. The predicted molar refractivity (Wildman–Crippen MR) is 77.8 cm³/mol. The van der Waals surface area contributed by atoms with Crippen molar-refractivity contribution in [2.45, 2.75) is 32.8 Å². The number of likely N-dealkylation sites (tertiary alicyclic amines) is 1. The van der Waals surface area contributed by atoms with Crippen molar-refractivity contribution in [3.05, 3.63) is 29.3 Å². The molecule has 1 aromatic carbocycles. The van der Waals surface area contributed by atoms with Gasteiger partial charge in [0.05, 0.1) is 12.7 Å². The maximum Gasteiger partial charge on any atom is 0.259 e. The Morgan fingerprint density at radius 3 is 2.50 bits per heavy atom. The van der Waals surface area contributed by atoms with E-state index in [1.165, 1.54) is 12.0 Å². The first-order valence-corrected chi connectivity index (χ1v) is 7.14. The highest BCUT2D eigenvalue weighted by Gasteiger charge is 2.45. The first-order valence-electron chi connectivity index (χ1n) is 7.14. The fraction of sp³-hybridized carbons (Fsp3) is 0.562. The summed E-state index contributed by atoms with van der Waals surface area (Å²) in [5.74, 6) is -2.81. The fourth-order valence-electron chi connectivity index (χ4n) is 2.64. The quantitative estimate of drug-likeness (QED) is 0.913. The lowest BCUT2D eigenvalue weighted by Gasteiger charge is -2.48. The van der Waals surface area contributed by atoms with Crippen molar-refractivity contribution in [1.82, 2.24) is 4.90 Å². The Morgan fingerprint density at radius 1 is 1.32 bits per heavy atom. The fourth-order valence-corrected chi connectivity index (χ4v) is 2.64. The zero-order chi connectivity index (χ0) is 16.7. The molecule has 4 nitrogen and oxygen atoms in total. The molecule has 2 rings (SSSR count). The molecule has 1 aliphatic heterocycles. The summed E-state index contributed by atoms with van der Waals surface area (Å²) >= 11 is 0. The maximum atomic E-state index is 14.2. The molecular weight excluding hydrogens is 292 g/mol. The van der Waals surface area contributed by atoms with Gasteiger partial charge in [0, 0.05) is 18.5 Å². The first kappa shape index (κ1) is 16.7. The van der Waals surface area contributed by atoms with Gasteiger partial charge in [-0.1, -0.05) is 13.8 Å². The Labute approximate surface area is 128 Å². The minimum absolute atomic E-state index is 0.173. The van der Waals surface area contributed by atoms with Crippen molar-refractivity contribution in [3.63, 3.8) is 0 Å². The Hall–Kier alpha value is -1.69. The van der Waals surface area contributed by atoms with Crippen LogP contribution in [0, 0.1) is 17.0 Å². The highest BCUT2D eigenvalue weighted by atomic mass is 19.1. The van der Waals surface area contributed by atoms with Crippen LogP contribution in [0.3, 0.4) is 0 Å². The van der Waals surface area contributed by atoms with E-state index in [-0.39, 0.29) is 18.8 Å². The number of carbonyl (C=O) groups excluding carboxylic acids is 1. The molecule has 1 fully saturated rings. The normalized spacial score (nSPS) is 24.2. The number of hydrogen-bond acceptors (Lipinski definition) is 3. The summed E-state index contributed by atoms with van der Waals surface area (Å²) in [4.78, 5) is 13.9. The Morgan fingerprint density at radius 2 is 1.95 bits per heavy atom. The largest absolute Gasteiger partial charge is 0.494 e. The van der Waals surface area contributed by atoms with Crippen LogP contribution in [-0.2, 0) is 0 Å². The van der Waals surface area contributed by atoms with E-state index in [0.29, 0.717) is 6.42 Å². The second-order valence-electron chi connectivity index (χ2n) is 6.57. The van der Waals surface area contributed by atoms with E-state index < -0.39 is 34.1 Å². The molecule has 0 unspecified atom stereocenters. The number of piperidine rings is 1. The molecule has 122 valence electrons. The molecule has 6 heteroatoms. The Balaban J connectivity index is 2.34. The number of carbonyl (C=O) groups is 1. The van der Waals surface area contributed by atoms with Crippen molar-refractivity contribution in [1.29, 1.82) is 0 Å². The lowest BCUT2D eigenvalue weighted by molar-refractivity contribution is -0.0972. The molecule has 0 aromatic heterocycles. The molecule has 0 spiro atoms. The van der Waals surface area contributed by atoms with E-state index in [1.54, 1.807) is 6.92 Å². The van der Waals surface area contributed by atoms with Gasteiger partial charge in [0.2, 0.25) is 0 Å². The average molecular weight is 313 g/mol. The maximum absolute atomic E-state index is 14.2. The third-order valence-electron chi connectivity index (χ3n) is 4.69. The third kappa shape index (κ3) is 2.67. The van der Waals surface area contributed by atoms with Crippen LogP contribution in [0.5, 0.6) is 5.75 Å². The third-order valence-corrected chi connectivity index (χ3v) is 4.69. The Bertz CT molecular complexity index is 599. The highest BCUT2D eigenvalue weighted by molar-refractivity contribution is 5.95. The molecule has 0 bridgehead atoms. The Kier molecular flexibility index (Phi) is 4.17. The molecule has 0 saturated carbocycles. The number of rotatable bonds is 2. The average Bonchev–Trinajstić information content (AvgIpc) is 2.42. The number of halogens is 2. The van der Waals surface area contributed by atoms with Crippen LogP contribution in [0.4, 0.5) is 8.78 Å². The van der Waals surface area contributed by atoms with Crippen molar-refractivity contribution in [2.24, 2.45) is 5.41 Å². The number of nitrogens with zero attached hydrogens (tertiary/aromatic N) is 1. The van der Waals surface area contributed by atoms with Crippen LogP contribution in [0.15, 0.2) is 12.1 Å². The van der Waals surface area contributed by atoms with Crippen molar-refractivity contribution < 1.29 is 23.4 Å². The summed E-state index contributed by atoms with van der Waals surface area (Å²) < 4.78 is 32.9. The van der Waals surface area contributed by atoms with Gasteiger partial charge in [0.1, 0.15) is 11.4 Å². The summed E-state index contributed by atoms with van der Waals surface area (Å²) in [5, 5.41) is 10.4. The van der Waals surface area contributed by atoms with Gasteiger partial charge in [0.15, 0.2) is 11.6 Å². The molecule has 1 atom stereocenters. The van der Waals surface area contributed by atoms with Gasteiger partial charge < -0.3 is 14.7 Å². The predicted octanol–water partition coefficient (Wildman–Crippen LogP) is 2.60. The van der Waals surface area contributed by atoms with Crippen LogP contribution in [0.25, 0.3) is 0 Å². The number of amides is 1. The number of benzene rings is 1. The van der Waals surface area contributed by atoms with Crippen molar-refractivity contribution in [2.75, 3.05) is 20.2 Å². The molecule has 1 amide bonds. The summed E-state index contributed by atoms with van der Waals surface area (Å²) in [6, 6.07) is 2.16. The van der Waals surface area contributed by atoms with E-state index >= 15 is 0 Å². The molecule has 1 saturated heterocycles. The highest BCUT2D eigenvalue weighted by Crippen LogP contribution is 2.39. The van der Waals surface area contributed by atoms with E-state index in [4.69, 9.17) is 4.74 Å². The molecule has 1 heterocycles. The van der Waals surface area contributed by atoms with Crippen LogP contribution in [0.1, 0.15) is 37.6 Å². The van der Waals surface area contributed by atoms with Crippen LogP contribution in [-0.4, -0.2) is 41.7 Å². The number of aliphatic hydroxyl groups is 1. The van der Waals surface area contributed by atoms with Crippen molar-refractivity contribution >= 4 is 5.91 Å². The molecule has 22 heavy (non-hydrogen) atoms. The van der Waals surface area contributed by atoms with E-state index in [9.17, 15) is 18.7 Å². The van der Waals surface area contributed by atoms with Gasteiger partial charge in [-0.15, -0.1) is 0 Å². The summed E-state index contributed by atoms with van der Waals surface area (Å²) in [5.41, 5.74) is -2.13. The van der Waals surface area contributed by atoms with E-state index in [2.05, 4.69) is 0 Å². The topological polar surface area (TPSA) is 49.8 Å². The van der Waals surface area contributed by atoms with Gasteiger partial charge in [-0.05, 0) is 25.5 Å². The zero-order valence-corrected chi connectivity index (χ0v) is 13.2. The molecule has 1 aliphatic rings. The summed E-state index contributed by atoms with van der Waals surface area (Å²) in [6.07, 6.45) is 0.346. The first-order chi connectivity index (χ1) is 10.1. The van der Waals surface area contributed by atoms with Crippen LogP contribution in [0.2, 0.25) is 0 Å². The smallest absolute Gasteiger partial charge is 0.259 e. The van der Waals surface area contributed by atoms with Gasteiger partial charge in [-0.3, -0.25) is 4.79 Å². The van der Waals surface area contributed by atoms with Gasteiger partial charge >= 0.3 is 0 Å². The SMILES string of the molecule is COc1ccc(F)c(C(=O)N2CC[C@@](C)(O)C(C)(C)C2)c1F. The standard InChI is InChI=1S/C16H21F2NO3/c1-15(2)9-19(8-7-16(15,3)21)14(20)12-10(17)5-6-11(22-4)13(12)18/h5-6,21H,7-9H2,1-4H3/t16-/m1/s1. The molecule has 1 aromatic rings. The minimum atomic E-state index is -0.998. The molecule has 0 radical (unpaired) electrons. The van der Waals surface area contributed by atoms with Gasteiger partial charge in [-0.2, -0.15) is 0 Å². The number of ether oxygens (including phenoxy) is 1. The van der Waals surface area contributed by atoms with Crippen LogP contribution >= 0.6 is 0 Å². The molecule has 0 aliphatic carbocycles. The second kappa shape index (κ2) is 5.50. The lowest BCUT2D eigenvalue weighted by atomic mass is 9.71. The minimum Gasteiger partial charge on any atom is -0.494 e. The lowest BCUT2D eigenvalue weighted by Crippen LogP contribution is -2.57. The second-order valence-corrected chi connectivity index (χ2v) is 6.57. The van der Waals surface area contributed by atoms with Gasteiger partial charge in [-0.25, -0.2) is 8.78 Å². The molecular formula is C16H21F2NO3. The van der Waals surface area contributed by atoms with Crippen LogP contribution < -0.4 is 4.74 Å². The molecule has 1 N–H and O–H groups in total. The number of methoxy groups -OCH3 is 1. The van der Waals surface area contributed by atoms with Crippen molar-refractivity contribution in [3.8, 4) is 5.75 Å². The monoisotopic (exact) mass is 313 g/mol. The zero-order valence-electron chi connectivity index (χ0n) is 13.2. The summed E-state index contributed by atoms with van der Waals surface area (Å²) in [6.45, 7) is 5.82. The van der Waals surface area contributed by atoms with Gasteiger partial charge in [0.25, 0.3) is 5.91 Å². The summed E-state index contributed by atoms with van der Waals surface area (Å²) in [7, 11) is 1.26. The van der Waals surface area contributed by atoms with E-state index in [1.807, 2.05) is 13.8 Å². The van der Waals surface area contributed by atoms with E-state index in [0.717, 1.165) is 12.1 Å².